The van der Waals surface area contributed by atoms with Crippen LogP contribution in [0.1, 0.15) is 42.3 Å². The average Bonchev–Trinajstić information content (AvgIpc) is 2.27. The molecule has 2 N–H and O–H groups in total. The van der Waals surface area contributed by atoms with Crippen LogP contribution >= 0.6 is 0 Å². The van der Waals surface area contributed by atoms with Gasteiger partial charge in [0.05, 0.1) is 0 Å². The fourth-order valence-electron chi connectivity index (χ4n) is 1.85. The standard InChI is InChI=1S/C15H21NO3/c1-9-7-6-8-11(10(9)2)13(17)16-12(14(18)19)15(3,4)5/h6-8,12H,1-5H3,(H,16,17)(H,18,19)/t12-/m1/s1. The number of hydrogen-bond acceptors (Lipinski definition) is 2. The number of carboxylic acid groups (broad SMARTS) is 1. The molecule has 0 saturated carbocycles. The third-order valence-corrected chi connectivity index (χ3v) is 3.24. The van der Waals surface area contributed by atoms with Gasteiger partial charge in [-0.2, -0.15) is 0 Å². The van der Waals surface area contributed by atoms with Gasteiger partial charge in [0.25, 0.3) is 5.91 Å². The number of carbonyl (C=O) groups is 2. The quantitative estimate of drug-likeness (QED) is 0.880. The molecule has 0 aliphatic rings. The first-order chi connectivity index (χ1) is 8.64. The molecule has 1 atom stereocenters. The zero-order chi connectivity index (χ0) is 14.8. The maximum Gasteiger partial charge on any atom is 0.326 e. The van der Waals surface area contributed by atoms with Crippen molar-refractivity contribution in [3.63, 3.8) is 0 Å². The zero-order valence-corrected chi connectivity index (χ0v) is 12.1. The molecule has 4 heteroatoms. The molecule has 0 radical (unpaired) electrons. The van der Waals surface area contributed by atoms with Crippen molar-refractivity contribution >= 4 is 11.9 Å². The highest BCUT2D eigenvalue weighted by Gasteiger charge is 2.33. The van der Waals surface area contributed by atoms with Gasteiger partial charge in [0.15, 0.2) is 0 Å². The van der Waals surface area contributed by atoms with Crippen LogP contribution in [0.5, 0.6) is 0 Å². The molecule has 0 bridgehead atoms. The summed E-state index contributed by atoms with van der Waals surface area (Å²) in [4.78, 5) is 23.5. The summed E-state index contributed by atoms with van der Waals surface area (Å²) in [5.41, 5.74) is 1.86. The number of aliphatic carboxylic acids is 1. The summed E-state index contributed by atoms with van der Waals surface area (Å²) in [5, 5.41) is 11.8. The lowest BCUT2D eigenvalue weighted by atomic mass is 9.86. The third kappa shape index (κ3) is 3.56. The van der Waals surface area contributed by atoms with Gasteiger partial charge in [-0.15, -0.1) is 0 Å². The molecule has 0 aliphatic carbocycles. The number of carboxylic acids is 1. The summed E-state index contributed by atoms with van der Waals surface area (Å²) in [5.74, 6) is -1.37. The lowest BCUT2D eigenvalue weighted by Crippen LogP contribution is -2.49. The lowest BCUT2D eigenvalue weighted by molar-refractivity contribution is -0.142. The molecule has 1 rings (SSSR count). The third-order valence-electron chi connectivity index (χ3n) is 3.24. The van der Waals surface area contributed by atoms with Crippen molar-refractivity contribution in [2.75, 3.05) is 0 Å². The first kappa shape index (κ1) is 15.2. The molecule has 1 aromatic carbocycles. The van der Waals surface area contributed by atoms with E-state index >= 15 is 0 Å². The Labute approximate surface area is 113 Å². The highest BCUT2D eigenvalue weighted by Crippen LogP contribution is 2.20. The molecule has 0 aromatic heterocycles. The van der Waals surface area contributed by atoms with Crippen molar-refractivity contribution in [2.45, 2.75) is 40.7 Å². The van der Waals surface area contributed by atoms with E-state index in [0.717, 1.165) is 11.1 Å². The van der Waals surface area contributed by atoms with E-state index in [1.807, 2.05) is 19.9 Å². The van der Waals surface area contributed by atoms with Crippen LogP contribution in [0.3, 0.4) is 0 Å². The number of benzene rings is 1. The molecule has 0 heterocycles. The van der Waals surface area contributed by atoms with Crippen LogP contribution in [0.4, 0.5) is 0 Å². The Kier molecular flexibility index (Phi) is 4.35. The molecular weight excluding hydrogens is 242 g/mol. The Bertz CT molecular complexity index is 501. The summed E-state index contributed by atoms with van der Waals surface area (Å²) in [6.07, 6.45) is 0. The number of carbonyl (C=O) groups excluding carboxylic acids is 1. The minimum Gasteiger partial charge on any atom is -0.480 e. The van der Waals surface area contributed by atoms with Gasteiger partial charge in [-0.05, 0) is 36.5 Å². The summed E-state index contributed by atoms with van der Waals surface area (Å²) >= 11 is 0. The van der Waals surface area contributed by atoms with Crippen molar-refractivity contribution in [3.05, 3.63) is 34.9 Å². The molecule has 1 amide bonds. The van der Waals surface area contributed by atoms with Crippen LogP contribution in [0.15, 0.2) is 18.2 Å². The maximum atomic E-state index is 12.2. The van der Waals surface area contributed by atoms with E-state index in [1.54, 1.807) is 32.9 Å². The zero-order valence-electron chi connectivity index (χ0n) is 12.1. The number of amides is 1. The smallest absolute Gasteiger partial charge is 0.326 e. The Balaban J connectivity index is 3.02. The molecular formula is C15H21NO3. The predicted octanol–water partition coefficient (Wildman–Crippen LogP) is 2.53. The van der Waals surface area contributed by atoms with E-state index in [2.05, 4.69) is 5.32 Å². The SMILES string of the molecule is Cc1cccc(C(=O)N[C@H](C(=O)O)C(C)(C)C)c1C. The molecule has 4 nitrogen and oxygen atoms in total. The van der Waals surface area contributed by atoms with Crippen LogP contribution in [0.25, 0.3) is 0 Å². The summed E-state index contributed by atoms with van der Waals surface area (Å²) in [6, 6.07) is 4.51. The van der Waals surface area contributed by atoms with E-state index in [-0.39, 0.29) is 5.91 Å². The lowest BCUT2D eigenvalue weighted by Gasteiger charge is -2.28. The Hall–Kier alpha value is -1.84. The minimum atomic E-state index is -1.02. The van der Waals surface area contributed by atoms with E-state index in [9.17, 15) is 14.7 Å². The molecule has 0 aliphatic heterocycles. The summed E-state index contributed by atoms with van der Waals surface area (Å²) in [7, 11) is 0. The van der Waals surface area contributed by atoms with Gasteiger partial charge in [0.1, 0.15) is 6.04 Å². The van der Waals surface area contributed by atoms with Gasteiger partial charge in [0.2, 0.25) is 0 Å². The van der Waals surface area contributed by atoms with Crippen molar-refractivity contribution in [1.29, 1.82) is 0 Å². The van der Waals surface area contributed by atoms with Crippen molar-refractivity contribution < 1.29 is 14.7 Å². The fraction of sp³-hybridized carbons (Fsp3) is 0.467. The van der Waals surface area contributed by atoms with Crippen LogP contribution < -0.4 is 5.32 Å². The Morgan fingerprint density at radius 2 is 1.79 bits per heavy atom. The Morgan fingerprint density at radius 3 is 2.26 bits per heavy atom. The topological polar surface area (TPSA) is 66.4 Å². The second-order valence-corrected chi connectivity index (χ2v) is 5.86. The molecule has 19 heavy (non-hydrogen) atoms. The average molecular weight is 263 g/mol. The fourth-order valence-corrected chi connectivity index (χ4v) is 1.85. The van der Waals surface area contributed by atoms with Crippen molar-refractivity contribution in [1.82, 2.24) is 5.32 Å². The summed E-state index contributed by atoms with van der Waals surface area (Å²) < 4.78 is 0. The van der Waals surface area contributed by atoms with E-state index in [0.29, 0.717) is 5.56 Å². The maximum absolute atomic E-state index is 12.2. The molecule has 0 spiro atoms. The molecule has 0 saturated heterocycles. The van der Waals surface area contributed by atoms with Gasteiger partial charge in [0, 0.05) is 5.56 Å². The predicted molar refractivity (Wildman–Crippen MR) is 74.3 cm³/mol. The number of hydrogen-bond donors (Lipinski definition) is 2. The molecule has 0 unspecified atom stereocenters. The Morgan fingerprint density at radius 1 is 1.21 bits per heavy atom. The van der Waals surface area contributed by atoms with Gasteiger partial charge >= 0.3 is 5.97 Å². The highest BCUT2D eigenvalue weighted by atomic mass is 16.4. The van der Waals surface area contributed by atoms with E-state index in [4.69, 9.17) is 0 Å². The van der Waals surface area contributed by atoms with Crippen LogP contribution in [-0.2, 0) is 4.79 Å². The molecule has 0 fully saturated rings. The van der Waals surface area contributed by atoms with Gasteiger partial charge in [-0.3, -0.25) is 4.79 Å². The normalized spacial score (nSPS) is 12.9. The van der Waals surface area contributed by atoms with Gasteiger partial charge < -0.3 is 10.4 Å². The highest BCUT2D eigenvalue weighted by molar-refractivity contribution is 5.98. The largest absolute Gasteiger partial charge is 0.480 e. The van der Waals surface area contributed by atoms with Gasteiger partial charge in [-0.25, -0.2) is 4.79 Å². The van der Waals surface area contributed by atoms with E-state index in [1.165, 1.54) is 0 Å². The monoisotopic (exact) mass is 263 g/mol. The number of aryl methyl sites for hydroxylation is 1. The summed E-state index contributed by atoms with van der Waals surface area (Å²) in [6.45, 7) is 9.14. The molecule has 1 aromatic rings. The van der Waals surface area contributed by atoms with Crippen LogP contribution in [-0.4, -0.2) is 23.0 Å². The molecule has 104 valence electrons. The van der Waals surface area contributed by atoms with E-state index < -0.39 is 17.4 Å². The van der Waals surface area contributed by atoms with Crippen molar-refractivity contribution in [3.8, 4) is 0 Å². The van der Waals surface area contributed by atoms with Crippen LogP contribution in [0.2, 0.25) is 0 Å². The van der Waals surface area contributed by atoms with Crippen LogP contribution in [0, 0.1) is 19.3 Å². The number of nitrogens with one attached hydrogen (secondary N) is 1. The second kappa shape index (κ2) is 5.43. The minimum absolute atomic E-state index is 0.344. The number of rotatable bonds is 3. The first-order valence-electron chi connectivity index (χ1n) is 6.24. The first-order valence-corrected chi connectivity index (χ1v) is 6.24. The second-order valence-electron chi connectivity index (χ2n) is 5.86. The van der Waals surface area contributed by atoms with Gasteiger partial charge in [-0.1, -0.05) is 32.9 Å². The van der Waals surface area contributed by atoms with Crippen molar-refractivity contribution in [2.24, 2.45) is 5.41 Å².